The lowest BCUT2D eigenvalue weighted by Gasteiger charge is -2.31. The largest absolute Gasteiger partial charge is 0.344 e. The van der Waals surface area contributed by atoms with Crippen LogP contribution in [0.4, 0.5) is 11.4 Å². The molecule has 1 unspecified atom stereocenters. The molecule has 0 aromatic heterocycles. The van der Waals surface area contributed by atoms with Crippen LogP contribution in [0.25, 0.3) is 0 Å². The minimum atomic E-state index is -0.318. The summed E-state index contributed by atoms with van der Waals surface area (Å²) in [4.78, 5) is 18.2. The lowest BCUT2D eigenvalue weighted by molar-refractivity contribution is -0.385. The molecule has 0 spiro atoms. The molecular formula is C18H25N3O2S. The molecule has 1 saturated heterocycles. The first kappa shape index (κ1) is 17.3. The minimum absolute atomic E-state index is 0.176. The van der Waals surface area contributed by atoms with E-state index in [2.05, 4.69) is 11.8 Å². The number of hydrogen-bond donors (Lipinski definition) is 0. The summed E-state index contributed by atoms with van der Waals surface area (Å²) < 4.78 is 0. The van der Waals surface area contributed by atoms with Crippen molar-refractivity contribution in [1.82, 2.24) is 4.90 Å². The van der Waals surface area contributed by atoms with Crippen LogP contribution in [-0.2, 0) is 0 Å². The molecule has 130 valence electrons. The molecule has 5 nitrogen and oxygen atoms in total. The number of amidine groups is 1. The number of nitro benzene ring substituents is 1. The van der Waals surface area contributed by atoms with Gasteiger partial charge in [0, 0.05) is 29.5 Å². The summed E-state index contributed by atoms with van der Waals surface area (Å²) in [6.45, 7) is 5.98. The summed E-state index contributed by atoms with van der Waals surface area (Å²) >= 11 is 1.83. The van der Waals surface area contributed by atoms with Gasteiger partial charge in [0.2, 0.25) is 0 Å². The molecule has 3 rings (SSSR count). The SMILES string of the molecule is CCC1CSC(=Nc2ccc([N+](=O)[O-])c(C)c2C)N1C1CCCC1. The van der Waals surface area contributed by atoms with Gasteiger partial charge < -0.3 is 4.90 Å². The van der Waals surface area contributed by atoms with Crippen molar-refractivity contribution >= 4 is 28.3 Å². The Morgan fingerprint density at radius 2 is 2.00 bits per heavy atom. The average molecular weight is 347 g/mol. The van der Waals surface area contributed by atoms with Crippen LogP contribution in [0.2, 0.25) is 0 Å². The van der Waals surface area contributed by atoms with Gasteiger partial charge in [0.05, 0.1) is 10.6 Å². The Morgan fingerprint density at radius 1 is 1.29 bits per heavy atom. The van der Waals surface area contributed by atoms with Crippen molar-refractivity contribution in [3.63, 3.8) is 0 Å². The summed E-state index contributed by atoms with van der Waals surface area (Å²) in [5.74, 6) is 1.09. The van der Waals surface area contributed by atoms with E-state index >= 15 is 0 Å². The molecule has 1 atom stereocenters. The molecule has 0 bridgehead atoms. The number of thioether (sulfide) groups is 1. The second kappa shape index (κ2) is 7.13. The molecule has 0 radical (unpaired) electrons. The summed E-state index contributed by atoms with van der Waals surface area (Å²) in [5.41, 5.74) is 2.66. The predicted molar refractivity (Wildman–Crippen MR) is 100 cm³/mol. The highest BCUT2D eigenvalue weighted by molar-refractivity contribution is 8.14. The van der Waals surface area contributed by atoms with Crippen molar-refractivity contribution in [2.24, 2.45) is 4.99 Å². The number of hydrogen-bond acceptors (Lipinski definition) is 4. The first-order valence-electron chi connectivity index (χ1n) is 8.77. The third-order valence-corrected chi connectivity index (χ3v) is 6.46. The van der Waals surface area contributed by atoms with Gasteiger partial charge in [-0.05, 0) is 44.7 Å². The normalized spacial score (nSPS) is 23.4. The Labute approximate surface area is 147 Å². The molecule has 1 saturated carbocycles. The smallest absolute Gasteiger partial charge is 0.272 e. The molecule has 1 aromatic rings. The number of aliphatic imine (C=N–C) groups is 1. The zero-order valence-electron chi connectivity index (χ0n) is 14.6. The lowest BCUT2D eigenvalue weighted by atomic mass is 10.1. The Balaban J connectivity index is 1.94. The highest BCUT2D eigenvalue weighted by atomic mass is 32.2. The molecule has 6 heteroatoms. The molecule has 1 heterocycles. The molecule has 1 aliphatic heterocycles. The highest BCUT2D eigenvalue weighted by Crippen LogP contribution is 2.37. The third kappa shape index (κ3) is 3.16. The Morgan fingerprint density at radius 3 is 2.62 bits per heavy atom. The number of rotatable bonds is 4. The lowest BCUT2D eigenvalue weighted by Crippen LogP contribution is -2.40. The van der Waals surface area contributed by atoms with Gasteiger partial charge >= 0.3 is 0 Å². The van der Waals surface area contributed by atoms with Crippen LogP contribution in [0, 0.1) is 24.0 Å². The van der Waals surface area contributed by atoms with Gasteiger partial charge in [0.1, 0.15) is 0 Å². The number of benzene rings is 1. The van der Waals surface area contributed by atoms with Crippen LogP contribution in [0.5, 0.6) is 0 Å². The standard InChI is InChI=1S/C18H25N3O2S/c1-4-14-11-24-18(20(14)15-7-5-6-8-15)19-16-9-10-17(21(22)23)13(3)12(16)2/h9-10,14-15H,4-8,11H2,1-3H3. The van der Waals surface area contributed by atoms with E-state index in [4.69, 9.17) is 4.99 Å². The van der Waals surface area contributed by atoms with E-state index in [9.17, 15) is 10.1 Å². The Bertz CT molecular complexity index is 668. The predicted octanol–water partition coefficient (Wildman–Crippen LogP) is 4.97. The fourth-order valence-electron chi connectivity index (χ4n) is 3.74. The van der Waals surface area contributed by atoms with Crippen molar-refractivity contribution in [3.05, 3.63) is 33.4 Å². The van der Waals surface area contributed by atoms with Crippen molar-refractivity contribution in [2.75, 3.05) is 5.75 Å². The topological polar surface area (TPSA) is 58.7 Å². The fourth-order valence-corrected chi connectivity index (χ4v) is 5.08. The van der Waals surface area contributed by atoms with Crippen molar-refractivity contribution in [3.8, 4) is 0 Å². The molecule has 0 N–H and O–H groups in total. The second-order valence-electron chi connectivity index (χ2n) is 6.72. The van der Waals surface area contributed by atoms with E-state index in [1.54, 1.807) is 12.1 Å². The van der Waals surface area contributed by atoms with Crippen molar-refractivity contribution in [1.29, 1.82) is 0 Å². The van der Waals surface area contributed by atoms with Crippen LogP contribution in [0.15, 0.2) is 17.1 Å². The van der Waals surface area contributed by atoms with Crippen molar-refractivity contribution < 1.29 is 4.92 Å². The van der Waals surface area contributed by atoms with Crippen LogP contribution >= 0.6 is 11.8 Å². The quantitative estimate of drug-likeness (QED) is 0.570. The molecule has 0 amide bonds. The van der Waals surface area contributed by atoms with Gasteiger partial charge in [-0.3, -0.25) is 10.1 Å². The maximum atomic E-state index is 11.1. The molecule has 1 aliphatic carbocycles. The first-order chi connectivity index (χ1) is 11.5. The average Bonchev–Trinajstić information content (AvgIpc) is 3.20. The monoisotopic (exact) mass is 347 g/mol. The van der Waals surface area contributed by atoms with Crippen LogP contribution < -0.4 is 0 Å². The second-order valence-corrected chi connectivity index (χ2v) is 7.71. The number of nitro groups is 1. The van der Waals surface area contributed by atoms with Gasteiger partial charge in [0.15, 0.2) is 5.17 Å². The van der Waals surface area contributed by atoms with E-state index in [0.717, 1.165) is 28.6 Å². The van der Waals surface area contributed by atoms with E-state index < -0.39 is 0 Å². The summed E-state index contributed by atoms with van der Waals surface area (Å²) in [6.07, 6.45) is 6.28. The van der Waals surface area contributed by atoms with E-state index in [1.807, 2.05) is 25.6 Å². The molecule has 2 aliphatic rings. The zero-order chi connectivity index (χ0) is 17.3. The van der Waals surface area contributed by atoms with E-state index in [1.165, 1.54) is 25.7 Å². The zero-order valence-corrected chi connectivity index (χ0v) is 15.4. The van der Waals surface area contributed by atoms with Crippen molar-refractivity contribution in [2.45, 2.75) is 65.0 Å². The fraction of sp³-hybridized carbons (Fsp3) is 0.611. The van der Waals surface area contributed by atoms with Crippen LogP contribution in [-0.4, -0.2) is 32.8 Å². The number of nitrogens with zero attached hydrogens (tertiary/aromatic N) is 3. The molecular weight excluding hydrogens is 322 g/mol. The molecule has 1 aromatic carbocycles. The van der Waals surface area contributed by atoms with Gasteiger partial charge in [-0.2, -0.15) is 0 Å². The van der Waals surface area contributed by atoms with Gasteiger partial charge in [0.25, 0.3) is 5.69 Å². The summed E-state index contributed by atoms with van der Waals surface area (Å²) in [6, 6.07) is 4.55. The highest BCUT2D eigenvalue weighted by Gasteiger charge is 2.35. The van der Waals surface area contributed by atoms with Crippen LogP contribution in [0.1, 0.15) is 50.2 Å². The van der Waals surface area contributed by atoms with Gasteiger partial charge in [-0.25, -0.2) is 4.99 Å². The third-order valence-electron chi connectivity index (χ3n) is 5.35. The Hall–Kier alpha value is -1.56. The minimum Gasteiger partial charge on any atom is -0.344 e. The molecule has 2 fully saturated rings. The van der Waals surface area contributed by atoms with Crippen LogP contribution in [0.3, 0.4) is 0 Å². The van der Waals surface area contributed by atoms with Gasteiger partial charge in [-0.15, -0.1) is 0 Å². The van der Waals surface area contributed by atoms with E-state index in [-0.39, 0.29) is 10.6 Å². The Kier molecular flexibility index (Phi) is 5.13. The first-order valence-corrected chi connectivity index (χ1v) is 9.76. The maximum absolute atomic E-state index is 11.1. The van der Waals surface area contributed by atoms with Gasteiger partial charge in [-0.1, -0.05) is 31.5 Å². The molecule has 24 heavy (non-hydrogen) atoms. The summed E-state index contributed by atoms with van der Waals surface area (Å²) in [7, 11) is 0. The summed E-state index contributed by atoms with van der Waals surface area (Å²) in [5, 5.41) is 12.2. The van der Waals surface area contributed by atoms with E-state index in [0.29, 0.717) is 17.6 Å². The maximum Gasteiger partial charge on any atom is 0.272 e.